The summed E-state index contributed by atoms with van der Waals surface area (Å²) in [5, 5.41) is 0. The Morgan fingerprint density at radius 1 is 1.38 bits per heavy atom. The van der Waals surface area contributed by atoms with Crippen molar-refractivity contribution in [2.24, 2.45) is 0 Å². The lowest BCUT2D eigenvalue weighted by Crippen LogP contribution is -2.33. The minimum absolute atomic E-state index is 0.335. The highest BCUT2D eigenvalue weighted by atomic mass is 79.9. The number of anilines is 1. The molecular weight excluding hydrogens is 294 g/mol. The van der Waals surface area contributed by atoms with Crippen LogP contribution < -0.4 is 4.72 Å². The monoisotopic (exact) mass is 305 g/mol. The van der Waals surface area contributed by atoms with Crippen LogP contribution >= 0.6 is 15.9 Å². The number of nitrogens with zero attached hydrogens (tertiary/aromatic N) is 2. The first kappa shape index (κ1) is 11.8. The quantitative estimate of drug-likeness (QED) is 0.922. The standard InChI is InChI=1S/C9H12BrN3O2S/c10-8-3-4-11-9(7-8)12-16(14,15)13-5-1-2-6-13/h3-4,7H,1-2,5-6H2,(H,11,12). The van der Waals surface area contributed by atoms with Gasteiger partial charge in [0.1, 0.15) is 5.82 Å². The van der Waals surface area contributed by atoms with Crippen LogP contribution in [0.1, 0.15) is 12.8 Å². The third-order valence-corrected chi connectivity index (χ3v) is 4.37. The maximum atomic E-state index is 11.9. The predicted octanol–water partition coefficient (Wildman–Crippen LogP) is 1.60. The van der Waals surface area contributed by atoms with Crippen molar-refractivity contribution >= 4 is 32.0 Å². The molecule has 1 aliphatic heterocycles. The van der Waals surface area contributed by atoms with Crippen LogP contribution in [0.5, 0.6) is 0 Å². The average molecular weight is 306 g/mol. The Hall–Kier alpha value is -0.660. The Morgan fingerprint density at radius 3 is 2.69 bits per heavy atom. The molecule has 1 aliphatic rings. The third-order valence-electron chi connectivity index (χ3n) is 2.36. The van der Waals surface area contributed by atoms with Crippen molar-refractivity contribution in [3.63, 3.8) is 0 Å². The fourth-order valence-corrected chi connectivity index (χ4v) is 3.16. The Labute approximate surface area is 103 Å². The van der Waals surface area contributed by atoms with Crippen molar-refractivity contribution in [3.8, 4) is 0 Å². The summed E-state index contributed by atoms with van der Waals surface area (Å²) in [5.41, 5.74) is 0. The van der Waals surface area contributed by atoms with Crippen LogP contribution in [-0.2, 0) is 10.2 Å². The highest BCUT2D eigenvalue weighted by molar-refractivity contribution is 9.10. The van der Waals surface area contributed by atoms with Gasteiger partial charge in [0.15, 0.2) is 0 Å². The molecule has 0 saturated carbocycles. The minimum Gasteiger partial charge on any atom is -0.254 e. The molecule has 7 heteroatoms. The molecule has 1 aromatic rings. The third kappa shape index (κ3) is 2.72. The number of halogens is 1. The largest absolute Gasteiger partial charge is 0.302 e. The molecule has 2 rings (SSSR count). The van der Waals surface area contributed by atoms with Crippen LogP contribution in [0.2, 0.25) is 0 Å². The molecule has 0 atom stereocenters. The fraction of sp³-hybridized carbons (Fsp3) is 0.444. The maximum Gasteiger partial charge on any atom is 0.302 e. The van der Waals surface area contributed by atoms with Gasteiger partial charge in [-0.1, -0.05) is 15.9 Å². The van der Waals surface area contributed by atoms with Crippen molar-refractivity contribution in [1.29, 1.82) is 0 Å². The summed E-state index contributed by atoms with van der Waals surface area (Å²) in [6.07, 6.45) is 3.39. The normalized spacial score (nSPS) is 17.6. The molecule has 1 aromatic heterocycles. The van der Waals surface area contributed by atoms with Gasteiger partial charge >= 0.3 is 10.2 Å². The van der Waals surface area contributed by atoms with Gasteiger partial charge in [-0.25, -0.2) is 4.98 Å². The van der Waals surface area contributed by atoms with Gasteiger partial charge in [0.05, 0.1) is 0 Å². The van der Waals surface area contributed by atoms with Crippen LogP contribution in [0.25, 0.3) is 0 Å². The molecule has 0 radical (unpaired) electrons. The lowest BCUT2D eigenvalue weighted by Gasteiger charge is -2.16. The second-order valence-electron chi connectivity index (χ2n) is 3.57. The van der Waals surface area contributed by atoms with Crippen molar-refractivity contribution in [3.05, 3.63) is 22.8 Å². The summed E-state index contributed by atoms with van der Waals surface area (Å²) in [6, 6.07) is 3.38. The van der Waals surface area contributed by atoms with E-state index in [0.717, 1.165) is 17.3 Å². The fourth-order valence-electron chi connectivity index (χ4n) is 1.59. The smallest absolute Gasteiger partial charge is 0.254 e. The van der Waals surface area contributed by atoms with E-state index in [1.807, 2.05) is 0 Å². The number of rotatable bonds is 3. The van der Waals surface area contributed by atoms with Gasteiger partial charge in [-0.3, -0.25) is 4.72 Å². The van der Waals surface area contributed by atoms with Gasteiger partial charge in [0.2, 0.25) is 0 Å². The molecular formula is C9H12BrN3O2S. The number of nitrogens with one attached hydrogen (secondary N) is 1. The van der Waals surface area contributed by atoms with Gasteiger partial charge in [-0.2, -0.15) is 12.7 Å². The molecule has 0 aromatic carbocycles. The predicted molar refractivity (Wildman–Crippen MR) is 65.3 cm³/mol. The summed E-state index contributed by atoms with van der Waals surface area (Å²) in [4.78, 5) is 3.95. The van der Waals surface area contributed by atoms with Crippen molar-refractivity contribution in [2.45, 2.75) is 12.8 Å². The van der Waals surface area contributed by atoms with Gasteiger partial charge in [0.25, 0.3) is 0 Å². The van der Waals surface area contributed by atoms with Gasteiger partial charge in [0, 0.05) is 23.8 Å². The van der Waals surface area contributed by atoms with E-state index in [9.17, 15) is 8.42 Å². The van der Waals surface area contributed by atoms with Crippen LogP contribution in [0.15, 0.2) is 22.8 Å². The SMILES string of the molecule is O=S(=O)(Nc1cc(Br)ccn1)N1CCCC1. The van der Waals surface area contributed by atoms with E-state index in [4.69, 9.17) is 0 Å². The summed E-state index contributed by atoms with van der Waals surface area (Å²) >= 11 is 3.26. The molecule has 0 aliphatic carbocycles. The van der Waals surface area contributed by atoms with Gasteiger partial charge in [-0.05, 0) is 25.0 Å². The molecule has 2 heterocycles. The first-order valence-corrected chi connectivity index (χ1v) is 7.21. The molecule has 0 bridgehead atoms. The molecule has 88 valence electrons. The van der Waals surface area contributed by atoms with E-state index in [1.165, 1.54) is 4.31 Å². The van der Waals surface area contributed by atoms with Crippen LogP contribution in [-0.4, -0.2) is 30.8 Å². The van der Waals surface area contributed by atoms with E-state index in [1.54, 1.807) is 18.3 Å². The summed E-state index contributed by atoms with van der Waals surface area (Å²) < 4.78 is 28.4. The van der Waals surface area contributed by atoms with Crippen LogP contribution in [0.3, 0.4) is 0 Å². The lowest BCUT2D eigenvalue weighted by molar-refractivity contribution is 0.482. The van der Waals surface area contributed by atoms with Gasteiger partial charge < -0.3 is 0 Å². The summed E-state index contributed by atoms with van der Waals surface area (Å²) in [6.45, 7) is 1.17. The first-order chi connectivity index (χ1) is 7.58. The Morgan fingerprint density at radius 2 is 2.06 bits per heavy atom. The zero-order valence-electron chi connectivity index (χ0n) is 8.56. The number of aromatic nitrogens is 1. The maximum absolute atomic E-state index is 11.9. The van der Waals surface area contributed by atoms with E-state index >= 15 is 0 Å². The Balaban J connectivity index is 2.14. The molecule has 0 spiro atoms. The average Bonchev–Trinajstić information content (AvgIpc) is 2.69. The Kier molecular flexibility index (Phi) is 3.46. The van der Waals surface area contributed by atoms with Crippen LogP contribution in [0, 0.1) is 0 Å². The van der Waals surface area contributed by atoms with E-state index in [0.29, 0.717) is 18.9 Å². The first-order valence-electron chi connectivity index (χ1n) is 4.97. The lowest BCUT2D eigenvalue weighted by atomic mass is 10.4. The molecule has 16 heavy (non-hydrogen) atoms. The van der Waals surface area contributed by atoms with Crippen molar-refractivity contribution in [2.75, 3.05) is 17.8 Å². The highest BCUT2D eigenvalue weighted by Gasteiger charge is 2.25. The topological polar surface area (TPSA) is 62.3 Å². The second kappa shape index (κ2) is 4.68. The summed E-state index contributed by atoms with van der Waals surface area (Å²) in [5.74, 6) is 0.335. The van der Waals surface area contributed by atoms with Crippen molar-refractivity contribution < 1.29 is 8.42 Å². The molecule has 5 nitrogen and oxygen atoms in total. The number of pyridine rings is 1. The molecule has 1 N–H and O–H groups in total. The number of hydrogen-bond acceptors (Lipinski definition) is 3. The van der Waals surface area contributed by atoms with E-state index in [2.05, 4.69) is 25.6 Å². The molecule has 1 fully saturated rings. The molecule has 1 saturated heterocycles. The highest BCUT2D eigenvalue weighted by Crippen LogP contribution is 2.17. The minimum atomic E-state index is -3.43. The summed E-state index contributed by atoms with van der Waals surface area (Å²) in [7, 11) is -3.43. The zero-order valence-corrected chi connectivity index (χ0v) is 11.0. The molecule has 0 amide bonds. The second-order valence-corrected chi connectivity index (χ2v) is 6.16. The number of hydrogen-bond donors (Lipinski definition) is 1. The molecule has 0 unspecified atom stereocenters. The zero-order chi connectivity index (χ0) is 11.6. The Bertz CT molecular complexity index is 471. The van der Waals surface area contributed by atoms with Crippen molar-refractivity contribution in [1.82, 2.24) is 9.29 Å². The van der Waals surface area contributed by atoms with E-state index in [-0.39, 0.29) is 0 Å². The van der Waals surface area contributed by atoms with E-state index < -0.39 is 10.2 Å². The van der Waals surface area contributed by atoms with Crippen LogP contribution in [0.4, 0.5) is 5.82 Å². The van der Waals surface area contributed by atoms with Gasteiger partial charge in [-0.15, -0.1) is 0 Å².